The number of hydrogen-bond acceptors (Lipinski definition) is 1. The Kier molecular flexibility index (Phi) is 31.7. The summed E-state index contributed by atoms with van der Waals surface area (Å²) in [4.78, 5) is 14.3. The molecular weight excluding hydrogens is 204 g/mol. The molecule has 0 aromatic carbocycles. The zero-order valence-corrected chi connectivity index (χ0v) is 8.63. The summed E-state index contributed by atoms with van der Waals surface area (Å²) >= 11 is 0. The maximum absolute atomic E-state index is 8.74. The molecule has 0 amide bonds. The van der Waals surface area contributed by atoms with Crippen LogP contribution in [0.3, 0.4) is 0 Å². The first-order valence-corrected chi connectivity index (χ1v) is 3.16. The van der Waals surface area contributed by atoms with Crippen LogP contribution < -0.4 is 0 Å². The van der Waals surface area contributed by atoms with Crippen molar-refractivity contribution in [2.24, 2.45) is 0 Å². The third-order valence-corrected chi connectivity index (χ3v) is 0. The Morgan fingerprint density at radius 3 is 1.62 bits per heavy atom. The average Bonchev–Trinajstić information content (AvgIpc) is 1.33. The van der Waals surface area contributed by atoms with Gasteiger partial charge in [-0.3, -0.25) is 4.57 Å². The molecule has 8 heavy (non-hydrogen) atoms. The molecule has 1 radical (unpaired) electrons. The molecule has 0 aromatic rings. The van der Waals surface area contributed by atoms with Gasteiger partial charge < -0.3 is 16.7 Å². The second kappa shape index (κ2) is 15.7. The quantitative estimate of drug-likeness (QED) is 0.458. The van der Waals surface area contributed by atoms with Crippen LogP contribution >= 0.6 is 8.25 Å². The standard InChI is InChI=1S/C3H7.H3O3P.Y/c1-3-2;1-4(2)3;/h1,3H2,2H3;4H,(H2,1,2,3);/q-1;;. The van der Waals surface area contributed by atoms with Gasteiger partial charge in [0, 0.05) is 32.7 Å². The van der Waals surface area contributed by atoms with Crippen LogP contribution in [0.15, 0.2) is 0 Å². The molecule has 0 bridgehead atoms. The van der Waals surface area contributed by atoms with Crippen molar-refractivity contribution in [3.05, 3.63) is 6.92 Å². The van der Waals surface area contributed by atoms with E-state index in [0.29, 0.717) is 0 Å². The normalized spacial score (nSPS) is 6.62. The zero-order chi connectivity index (χ0) is 6.28. The summed E-state index contributed by atoms with van der Waals surface area (Å²) in [5.41, 5.74) is 0. The first-order valence-electron chi connectivity index (χ1n) is 1.86. The van der Waals surface area contributed by atoms with Gasteiger partial charge in [0.2, 0.25) is 0 Å². The minimum atomic E-state index is -3.13. The molecule has 5 heteroatoms. The minimum absolute atomic E-state index is 0. The maximum Gasteiger partial charge on any atom is 0.314 e. The first kappa shape index (κ1) is 16.1. The van der Waals surface area contributed by atoms with E-state index in [1.165, 1.54) is 0 Å². The first-order chi connectivity index (χ1) is 3.15. The smallest absolute Gasteiger partial charge is 0.314 e. The molecule has 3 nitrogen and oxygen atoms in total. The van der Waals surface area contributed by atoms with Gasteiger partial charge in [0.25, 0.3) is 0 Å². The van der Waals surface area contributed by atoms with E-state index in [0.717, 1.165) is 6.42 Å². The summed E-state index contributed by atoms with van der Waals surface area (Å²) in [6.45, 7) is 5.50. The monoisotopic (exact) mass is 214 g/mol. The van der Waals surface area contributed by atoms with Gasteiger partial charge in [-0.15, -0.1) is 0 Å². The molecule has 0 aliphatic heterocycles. The van der Waals surface area contributed by atoms with E-state index in [1.54, 1.807) is 0 Å². The van der Waals surface area contributed by atoms with E-state index in [1.807, 2.05) is 6.92 Å². The van der Waals surface area contributed by atoms with Crippen LogP contribution in [-0.4, -0.2) is 9.79 Å². The van der Waals surface area contributed by atoms with Crippen molar-refractivity contribution in [1.82, 2.24) is 0 Å². The van der Waals surface area contributed by atoms with E-state index in [2.05, 4.69) is 6.92 Å². The summed E-state index contributed by atoms with van der Waals surface area (Å²) in [7, 11) is -3.13. The fourth-order valence-electron chi connectivity index (χ4n) is 0. The predicted molar refractivity (Wildman–Crippen MR) is 29.1 cm³/mol. The van der Waals surface area contributed by atoms with Crippen LogP contribution in [0.2, 0.25) is 0 Å². The SMILES string of the molecule is O=[PH](O)O.[CH2-]CC.[Y]. The van der Waals surface area contributed by atoms with Gasteiger partial charge in [-0.2, -0.15) is 6.42 Å². The summed E-state index contributed by atoms with van der Waals surface area (Å²) in [6.07, 6.45) is 1.00. The number of rotatable bonds is 0. The van der Waals surface area contributed by atoms with E-state index in [-0.39, 0.29) is 32.7 Å². The number of hydrogen-bond donors (Lipinski definition) is 2. The fourth-order valence-corrected chi connectivity index (χ4v) is 0. The maximum atomic E-state index is 8.74. The Balaban J connectivity index is -0.0000000575. The Morgan fingerprint density at radius 2 is 1.62 bits per heavy atom. The van der Waals surface area contributed by atoms with E-state index >= 15 is 0 Å². The summed E-state index contributed by atoms with van der Waals surface area (Å²) < 4.78 is 8.74. The molecule has 0 atom stereocenters. The van der Waals surface area contributed by atoms with Gasteiger partial charge in [0.1, 0.15) is 0 Å². The van der Waals surface area contributed by atoms with Gasteiger partial charge >= 0.3 is 8.25 Å². The summed E-state index contributed by atoms with van der Waals surface area (Å²) in [5, 5.41) is 0. The zero-order valence-electron chi connectivity index (χ0n) is 4.79. The van der Waals surface area contributed by atoms with Crippen molar-refractivity contribution >= 4 is 8.25 Å². The van der Waals surface area contributed by atoms with Gasteiger partial charge in [0.15, 0.2) is 0 Å². The molecule has 0 heterocycles. The van der Waals surface area contributed by atoms with Crippen LogP contribution in [-0.2, 0) is 37.3 Å². The molecule has 0 aliphatic carbocycles. The molecule has 0 unspecified atom stereocenters. The second-order valence-corrected chi connectivity index (χ2v) is 1.35. The van der Waals surface area contributed by atoms with Crippen molar-refractivity contribution in [1.29, 1.82) is 0 Å². The van der Waals surface area contributed by atoms with Crippen LogP contribution in [0, 0.1) is 6.92 Å². The minimum Gasteiger partial charge on any atom is -0.344 e. The Hall–Kier alpha value is 1.25. The topological polar surface area (TPSA) is 57.5 Å². The molecule has 0 rings (SSSR count). The third kappa shape index (κ3) is 180. The summed E-state index contributed by atoms with van der Waals surface area (Å²) in [5.74, 6) is 0. The predicted octanol–water partition coefficient (Wildman–Crippen LogP) is 0.589. The second-order valence-electron chi connectivity index (χ2n) is 0.783. The fraction of sp³-hybridized carbons (Fsp3) is 0.667. The van der Waals surface area contributed by atoms with Crippen molar-refractivity contribution < 1.29 is 47.1 Å². The summed E-state index contributed by atoms with van der Waals surface area (Å²) in [6, 6.07) is 0. The van der Waals surface area contributed by atoms with Crippen molar-refractivity contribution in [2.45, 2.75) is 13.3 Å². The Labute approximate surface area is 75.3 Å². The van der Waals surface area contributed by atoms with E-state index in [9.17, 15) is 0 Å². The third-order valence-electron chi connectivity index (χ3n) is 0. The van der Waals surface area contributed by atoms with Crippen LogP contribution in [0.25, 0.3) is 0 Å². The molecule has 0 fully saturated rings. The Morgan fingerprint density at radius 1 is 1.62 bits per heavy atom. The van der Waals surface area contributed by atoms with Crippen molar-refractivity contribution in [2.75, 3.05) is 0 Å². The van der Waals surface area contributed by atoms with Crippen molar-refractivity contribution in [3.8, 4) is 0 Å². The van der Waals surface area contributed by atoms with Gasteiger partial charge in [-0.05, 0) is 0 Å². The van der Waals surface area contributed by atoms with Gasteiger partial charge in [-0.1, -0.05) is 6.92 Å². The van der Waals surface area contributed by atoms with Crippen LogP contribution in [0.4, 0.5) is 0 Å². The van der Waals surface area contributed by atoms with E-state index in [4.69, 9.17) is 14.4 Å². The molecule has 0 spiro atoms. The molecular formula is C3H10O3PY-. The molecule has 0 aliphatic rings. The molecule has 0 aromatic heterocycles. The molecule has 49 valence electrons. The van der Waals surface area contributed by atoms with Crippen LogP contribution in [0.5, 0.6) is 0 Å². The molecule has 0 saturated heterocycles. The van der Waals surface area contributed by atoms with Gasteiger partial charge in [0.05, 0.1) is 0 Å². The van der Waals surface area contributed by atoms with E-state index < -0.39 is 8.25 Å². The molecule has 2 N–H and O–H groups in total. The van der Waals surface area contributed by atoms with Crippen LogP contribution in [0.1, 0.15) is 13.3 Å². The van der Waals surface area contributed by atoms with Gasteiger partial charge in [-0.25, -0.2) is 0 Å². The average molecular weight is 214 g/mol. The Bertz CT molecular complexity index is 45.8. The largest absolute Gasteiger partial charge is 0.344 e. The van der Waals surface area contributed by atoms with Crippen molar-refractivity contribution in [3.63, 3.8) is 0 Å². The molecule has 0 saturated carbocycles.